The maximum atomic E-state index is 10.0. The van der Waals surface area contributed by atoms with Gasteiger partial charge in [0.15, 0.2) is 5.54 Å². The molecule has 9 nitrogen and oxygen atoms in total. The molecule has 39 heavy (non-hydrogen) atoms. The highest BCUT2D eigenvalue weighted by molar-refractivity contribution is 6.31. The highest BCUT2D eigenvalue weighted by atomic mass is 35.5. The van der Waals surface area contributed by atoms with E-state index in [4.69, 9.17) is 11.6 Å². The molecule has 1 atom stereocenters. The fourth-order valence-corrected chi connectivity index (χ4v) is 4.49. The molecule has 2 N–H and O–H groups in total. The van der Waals surface area contributed by atoms with Gasteiger partial charge in [-0.2, -0.15) is 15.8 Å². The van der Waals surface area contributed by atoms with Gasteiger partial charge in [-0.1, -0.05) is 55.8 Å². The Morgan fingerprint density at radius 2 is 1.90 bits per heavy atom. The molecular weight excluding hydrogens is 510 g/mol. The van der Waals surface area contributed by atoms with E-state index in [-0.39, 0.29) is 16.7 Å². The Morgan fingerprint density at radius 3 is 2.54 bits per heavy atom. The van der Waals surface area contributed by atoms with Crippen molar-refractivity contribution in [2.75, 3.05) is 17.2 Å². The summed E-state index contributed by atoms with van der Waals surface area (Å²) in [6.45, 7) is 6.80. The normalized spacial score (nSPS) is 15.8. The summed E-state index contributed by atoms with van der Waals surface area (Å²) in [5.41, 5.74) is 1.85. The monoisotopic (exact) mass is 536 g/mol. The van der Waals surface area contributed by atoms with Crippen molar-refractivity contribution in [2.45, 2.75) is 45.2 Å². The summed E-state index contributed by atoms with van der Waals surface area (Å²) in [5, 5.41) is 45.4. The predicted octanol–water partition coefficient (Wildman–Crippen LogP) is 5.90. The zero-order chi connectivity index (χ0) is 28.7. The molecule has 2 heterocycles. The van der Waals surface area contributed by atoms with Gasteiger partial charge in [0.2, 0.25) is 0 Å². The van der Waals surface area contributed by atoms with Crippen LogP contribution in [0.25, 0.3) is 10.9 Å². The van der Waals surface area contributed by atoms with E-state index < -0.39 is 11.6 Å². The van der Waals surface area contributed by atoms with Gasteiger partial charge in [-0.3, -0.25) is 4.98 Å². The van der Waals surface area contributed by atoms with Crippen LogP contribution in [0.1, 0.15) is 63.4 Å². The number of rotatable bonds is 7. The Balaban J connectivity index is 1.68. The molecule has 10 heteroatoms. The number of benzene rings is 2. The quantitative estimate of drug-likeness (QED) is 0.298. The van der Waals surface area contributed by atoms with Crippen LogP contribution in [0.2, 0.25) is 5.02 Å². The number of nitrogens with one attached hydrogen (secondary N) is 2. The highest BCUT2D eigenvalue weighted by Gasteiger charge is 2.47. The van der Waals surface area contributed by atoms with Crippen molar-refractivity contribution in [1.82, 2.24) is 20.0 Å². The lowest BCUT2D eigenvalue weighted by atomic mass is 9.96. The average molecular weight is 537 g/mol. The number of fused-ring (bicyclic) bond motifs is 1. The third-order valence-electron chi connectivity index (χ3n) is 6.54. The molecular formula is C29H26ClN9. The van der Waals surface area contributed by atoms with Crippen molar-refractivity contribution in [3.63, 3.8) is 0 Å². The zero-order valence-electron chi connectivity index (χ0n) is 22.7. The second-order valence-electron chi connectivity index (χ2n) is 10.8. The van der Waals surface area contributed by atoms with Crippen LogP contribution in [0.4, 0.5) is 11.4 Å². The van der Waals surface area contributed by atoms with Crippen molar-refractivity contribution >= 4 is 33.9 Å². The molecule has 0 spiro atoms. The molecule has 2 aromatic carbocycles. The van der Waals surface area contributed by atoms with E-state index in [1.54, 1.807) is 42.6 Å². The van der Waals surface area contributed by atoms with E-state index in [2.05, 4.69) is 64.9 Å². The standard InChI is InChI=1S/C29H26ClN9/c1-28(2,3)17-35-26-19(13-32)14-34-25-18(12-31)10-20(11-22(25)26)36-27(21-6-4-5-7-23(21)30)24-15-39(38-37-24)29(16-33)8-9-29/h4-7,10-11,14-15,27,36H,8-9,17H2,1-3H3,(H,34,35)/t27-/m1/s1/i27D. The largest absolute Gasteiger partial charge is 0.383 e. The minimum atomic E-state index is -1.73. The predicted molar refractivity (Wildman–Crippen MR) is 149 cm³/mol. The molecule has 0 amide bonds. The molecule has 2 aromatic heterocycles. The molecule has 4 aromatic rings. The zero-order valence-corrected chi connectivity index (χ0v) is 22.5. The van der Waals surface area contributed by atoms with Gasteiger partial charge in [0.05, 0.1) is 42.0 Å². The third-order valence-corrected chi connectivity index (χ3v) is 6.87. The Bertz CT molecular complexity index is 1750. The molecule has 1 aliphatic carbocycles. The number of halogens is 1. The summed E-state index contributed by atoms with van der Waals surface area (Å²) < 4.78 is 11.1. The number of aromatic nitrogens is 4. The molecule has 0 aliphatic heterocycles. The molecule has 1 saturated carbocycles. The first-order valence-corrected chi connectivity index (χ1v) is 12.8. The van der Waals surface area contributed by atoms with E-state index in [1.807, 2.05) is 0 Å². The maximum absolute atomic E-state index is 10.0. The first kappa shape index (κ1) is 24.7. The van der Waals surface area contributed by atoms with Gasteiger partial charge >= 0.3 is 0 Å². The first-order valence-electron chi connectivity index (χ1n) is 12.9. The molecule has 5 rings (SSSR count). The van der Waals surface area contributed by atoms with Crippen molar-refractivity contribution in [2.24, 2.45) is 5.41 Å². The van der Waals surface area contributed by atoms with Gasteiger partial charge in [0, 0.05) is 28.8 Å². The molecule has 0 bridgehead atoms. The number of anilines is 2. The van der Waals surface area contributed by atoms with Crippen molar-refractivity contribution in [3.8, 4) is 18.2 Å². The van der Waals surface area contributed by atoms with Gasteiger partial charge in [0.1, 0.15) is 17.8 Å². The molecule has 0 saturated heterocycles. The van der Waals surface area contributed by atoms with Crippen LogP contribution in [-0.2, 0) is 5.54 Å². The molecule has 0 radical (unpaired) electrons. The number of hydrogen-bond acceptors (Lipinski definition) is 8. The van der Waals surface area contributed by atoms with E-state index >= 15 is 0 Å². The van der Waals surface area contributed by atoms with Gasteiger partial charge in [0.25, 0.3) is 0 Å². The van der Waals surface area contributed by atoms with E-state index in [0.717, 1.165) is 0 Å². The molecule has 0 unspecified atom stereocenters. The first-order chi connectivity index (χ1) is 19.0. The van der Waals surface area contributed by atoms with Crippen molar-refractivity contribution < 1.29 is 1.37 Å². The van der Waals surface area contributed by atoms with Gasteiger partial charge in [-0.25, -0.2) is 4.68 Å². The topological polar surface area (TPSA) is 139 Å². The molecule has 1 fully saturated rings. The van der Waals surface area contributed by atoms with Gasteiger partial charge in [-0.15, -0.1) is 5.10 Å². The Morgan fingerprint density at radius 1 is 1.15 bits per heavy atom. The van der Waals surface area contributed by atoms with Crippen LogP contribution < -0.4 is 10.6 Å². The number of nitriles is 3. The van der Waals surface area contributed by atoms with Crippen LogP contribution in [0.3, 0.4) is 0 Å². The van der Waals surface area contributed by atoms with Crippen LogP contribution in [-0.4, -0.2) is 26.5 Å². The van der Waals surface area contributed by atoms with Gasteiger partial charge in [-0.05, 0) is 42.0 Å². The molecule has 194 valence electrons. The second-order valence-corrected chi connectivity index (χ2v) is 11.2. The lowest BCUT2D eigenvalue weighted by Crippen LogP contribution is -2.20. The van der Waals surface area contributed by atoms with Crippen molar-refractivity contribution in [3.05, 3.63) is 76.2 Å². The fraction of sp³-hybridized carbons (Fsp3) is 0.310. The minimum Gasteiger partial charge on any atom is -0.383 e. The van der Waals surface area contributed by atoms with Gasteiger partial charge < -0.3 is 10.6 Å². The summed E-state index contributed by atoms with van der Waals surface area (Å²) in [6.07, 6.45) is 4.37. The lowest BCUT2D eigenvalue weighted by Gasteiger charge is -2.22. The summed E-state index contributed by atoms with van der Waals surface area (Å²) in [5.74, 6) is 0. The van der Waals surface area contributed by atoms with E-state index in [9.17, 15) is 17.2 Å². The Kier molecular flexibility index (Phi) is 6.27. The second kappa shape index (κ2) is 9.91. The fourth-order valence-electron chi connectivity index (χ4n) is 4.26. The summed E-state index contributed by atoms with van der Waals surface area (Å²) in [4.78, 5) is 4.41. The summed E-state index contributed by atoms with van der Waals surface area (Å²) >= 11 is 6.59. The van der Waals surface area contributed by atoms with Crippen LogP contribution in [0.15, 0.2) is 48.8 Å². The third kappa shape index (κ3) is 5.08. The Hall–Kier alpha value is -4.65. The smallest absolute Gasteiger partial charge is 0.150 e. The molecule has 1 aliphatic rings. The van der Waals surface area contributed by atoms with Crippen LogP contribution >= 0.6 is 11.6 Å². The van der Waals surface area contributed by atoms with Crippen LogP contribution in [0.5, 0.6) is 0 Å². The van der Waals surface area contributed by atoms with Crippen molar-refractivity contribution in [1.29, 1.82) is 15.8 Å². The highest BCUT2D eigenvalue weighted by Crippen LogP contribution is 2.43. The Labute approximate surface area is 233 Å². The number of nitrogens with zero attached hydrogens (tertiary/aromatic N) is 7. The van der Waals surface area contributed by atoms with E-state index in [0.29, 0.717) is 57.8 Å². The summed E-state index contributed by atoms with van der Waals surface area (Å²) in [6, 6.07) is 15.2. The van der Waals surface area contributed by atoms with E-state index in [1.165, 1.54) is 10.9 Å². The minimum absolute atomic E-state index is 0.0786. The SMILES string of the molecule is [2H][C@](Nc1cc(C#N)c2ncc(C#N)c(NCC(C)(C)C)c2c1)(c1cn(C2(C#N)CC2)nn1)c1ccccc1Cl. The lowest BCUT2D eigenvalue weighted by molar-refractivity contribution is 0.443. The van der Waals surface area contributed by atoms with Crippen LogP contribution in [0, 0.1) is 39.4 Å². The number of hydrogen-bond donors (Lipinski definition) is 2. The maximum Gasteiger partial charge on any atom is 0.150 e. The average Bonchev–Trinajstić information content (AvgIpc) is 3.56. The summed E-state index contributed by atoms with van der Waals surface area (Å²) in [7, 11) is 0. The number of pyridine rings is 1.